The fourth-order valence-electron chi connectivity index (χ4n) is 5.62. The Morgan fingerprint density at radius 3 is 2.31 bits per heavy atom. The van der Waals surface area contributed by atoms with Crippen LogP contribution < -0.4 is 5.32 Å². The molecule has 0 aliphatic carbocycles. The number of hydrogen-bond acceptors (Lipinski definition) is 9. The number of amides is 2. The molecule has 1 aromatic heterocycles. The van der Waals surface area contributed by atoms with E-state index in [4.69, 9.17) is 4.42 Å². The zero-order valence-electron chi connectivity index (χ0n) is 20.5. The number of nitro benzene ring substituents is 1. The minimum atomic E-state index is -1.93. The number of fused-ring (bicyclic) bond motifs is 1. The molecule has 2 fully saturated rings. The highest BCUT2D eigenvalue weighted by molar-refractivity contribution is 6.09. The molecule has 0 bridgehead atoms. The van der Waals surface area contributed by atoms with Gasteiger partial charge < -0.3 is 9.52 Å². The SMILES string of the molecule is Cc1ccccc1C1NC(Cc2ccc([N+](=O)[O-])cc2)(C(=O)O)C2C(=O)N(Cc3ccc([N+](=O)[O-])o3)C(=O)C12. The lowest BCUT2D eigenvalue weighted by molar-refractivity contribution is -0.402. The first kappa shape index (κ1) is 25.7. The van der Waals surface area contributed by atoms with Gasteiger partial charge in [-0.15, -0.1) is 0 Å². The summed E-state index contributed by atoms with van der Waals surface area (Å²) < 4.78 is 5.15. The lowest BCUT2D eigenvalue weighted by Gasteiger charge is -2.31. The van der Waals surface area contributed by atoms with Crippen molar-refractivity contribution in [2.75, 3.05) is 0 Å². The molecule has 13 nitrogen and oxygen atoms in total. The lowest BCUT2D eigenvalue weighted by Crippen LogP contribution is -2.57. The van der Waals surface area contributed by atoms with E-state index in [2.05, 4.69) is 5.32 Å². The molecule has 3 heterocycles. The molecule has 3 aromatic rings. The number of carboxylic acid groups (broad SMARTS) is 1. The Balaban J connectivity index is 1.58. The average molecular weight is 534 g/mol. The molecular formula is C26H22N4O9. The first-order valence-electron chi connectivity index (χ1n) is 11.9. The molecule has 4 atom stereocenters. The summed E-state index contributed by atoms with van der Waals surface area (Å²) in [5.41, 5.74) is -0.254. The third kappa shape index (κ3) is 4.22. The van der Waals surface area contributed by atoms with Crippen LogP contribution in [0.4, 0.5) is 11.6 Å². The molecule has 2 N–H and O–H groups in total. The Hall–Kier alpha value is -4.91. The molecule has 39 heavy (non-hydrogen) atoms. The van der Waals surface area contributed by atoms with Crippen LogP contribution in [0.1, 0.15) is 28.5 Å². The molecular weight excluding hydrogens is 512 g/mol. The molecule has 200 valence electrons. The van der Waals surface area contributed by atoms with Crippen molar-refractivity contribution < 1.29 is 33.8 Å². The fraction of sp³-hybridized carbons (Fsp3) is 0.269. The number of benzene rings is 2. The molecule has 2 aromatic carbocycles. The summed E-state index contributed by atoms with van der Waals surface area (Å²) in [4.78, 5) is 62.2. The van der Waals surface area contributed by atoms with Crippen LogP contribution in [0.25, 0.3) is 0 Å². The number of imide groups is 1. The lowest BCUT2D eigenvalue weighted by atomic mass is 9.76. The van der Waals surface area contributed by atoms with Gasteiger partial charge in [0.2, 0.25) is 11.8 Å². The van der Waals surface area contributed by atoms with Gasteiger partial charge in [-0.2, -0.15) is 0 Å². The number of aryl methyl sites for hydroxylation is 1. The number of hydrogen-bond donors (Lipinski definition) is 2. The molecule has 4 unspecified atom stereocenters. The van der Waals surface area contributed by atoms with Crippen molar-refractivity contribution in [3.05, 3.63) is 103 Å². The van der Waals surface area contributed by atoms with Crippen LogP contribution in [-0.2, 0) is 27.3 Å². The number of nitrogens with one attached hydrogen (secondary N) is 1. The minimum absolute atomic E-state index is 0.0000632. The van der Waals surface area contributed by atoms with Crippen LogP contribution in [0.2, 0.25) is 0 Å². The van der Waals surface area contributed by atoms with E-state index >= 15 is 0 Å². The second-order valence-corrected chi connectivity index (χ2v) is 9.62. The van der Waals surface area contributed by atoms with E-state index in [-0.39, 0.29) is 17.9 Å². The summed E-state index contributed by atoms with van der Waals surface area (Å²) in [6, 6.07) is 14.0. The van der Waals surface area contributed by atoms with Crippen molar-refractivity contribution in [3.8, 4) is 0 Å². The van der Waals surface area contributed by atoms with Gasteiger partial charge in [-0.1, -0.05) is 36.4 Å². The van der Waals surface area contributed by atoms with Gasteiger partial charge in [0, 0.05) is 24.6 Å². The van der Waals surface area contributed by atoms with Gasteiger partial charge in [0.1, 0.15) is 16.2 Å². The van der Waals surface area contributed by atoms with E-state index in [0.29, 0.717) is 11.1 Å². The van der Waals surface area contributed by atoms with Crippen molar-refractivity contribution >= 4 is 29.4 Å². The zero-order chi connectivity index (χ0) is 28.1. The quantitative estimate of drug-likeness (QED) is 0.247. The first-order valence-corrected chi connectivity index (χ1v) is 11.9. The number of carbonyl (C=O) groups is 3. The van der Waals surface area contributed by atoms with Crippen LogP contribution in [0.15, 0.2) is 65.1 Å². The molecule has 2 aliphatic heterocycles. The summed E-state index contributed by atoms with van der Waals surface area (Å²) >= 11 is 0. The standard InChI is InChI=1S/C26H22N4O9/c1-14-4-2-3-5-18(14)22-20-21(24(32)28(23(20)31)13-17-10-11-19(39-17)30(37)38)26(27-22,25(33)34)12-15-6-8-16(9-7-15)29(35)36/h2-11,20-22,27H,12-13H2,1H3,(H,33,34). The second kappa shape index (κ2) is 9.44. The Kier molecular flexibility index (Phi) is 6.23. The molecule has 0 spiro atoms. The van der Waals surface area contributed by atoms with Crippen LogP contribution in [0, 0.1) is 39.0 Å². The monoisotopic (exact) mass is 534 g/mol. The zero-order valence-corrected chi connectivity index (χ0v) is 20.5. The van der Waals surface area contributed by atoms with Crippen molar-refractivity contribution in [1.82, 2.24) is 10.2 Å². The summed E-state index contributed by atoms with van der Waals surface area (Å²) in [5.74, 6) is -5.70. The normalized spacial score (nSPS) is 24.1. The summed E-state index contributed by atoms with van der Waals surface area (Å²) in [7, 11) is 0. The number of non-ortho nitro benzene ring substituents is 1. The maximum absolute atomic E-state index is 13.8. The van der Waals surface area contributed by atoms with Crippen LogP contribution in [0.3, 0.4) is 0 Å². The van der Waals surface area contributed by atoms with Crippen LogP contribution >= 0.6 is 0 Å². The molecule has 2 aliphatic rings. The van der Waals surface area contributed by atoms with Gasteiger partial charge in [-0.3, -0.25) is 44.8 Å². The van der Waals surface area contributed by atoms with Gasteiger partial charge >= 0.3 is 11.9 Å². The number of aliphatic carboxylic acids is 1. The Labute approximate surface area is 220 Å². The number of carbonyl (C=O) groups excluding carboxylic acids is 2. The van der Waals surface area contributed by atoms with Gasteiger partial charge in [0.05, 0.1) is 29.4 Å². The molecule has 0 saturated carbocycles. The number of furan rings is 1. The van der Waals surface area contributed by atoms with Crippen LogP contribution in [0.5, 0.6) is 0 Å². The Bertz CT molecular complexity index is 1520. The second-order valence-electron chi connectivity index (χ2n) is 9.62. The number of rotatable bonds is 8. The summed E-state index contributed by atoms with van der Waals surface area (Å²) in [6.07, 6.45) is -0.233. The molecule has 13 heteroatoms. The summed E-state index contributed by atoms with van der Waals surface area (Å²) in [6.45, 7) is 1.41. The van der Waals surface area contributed by atoms with Crippen molar-refractivity contribution in [1.29, 1.82) is 0 Å². The Morgan fingerprint density at radius 2 is 1.72 bits per heavy atom. The molecule has 2 amide bonds. The van der Waals surface area contributed by atoms with E-state index < -0.39 is 63.5 Å². The van der Waals surface area contributed by atoms with Crippen molar-refractivity contribution in [3.63, 3.8) is 0 Å². The largest absolute Gasteiger partial charge is 0.480 e. The molecule has 5 rings (SSSR count). The Morgan fingerprint density at radius 1 is 1.03 bits per heavy atom. The number of nitrogens with zero attached hydrogens (tertiary/aromatic N) is 3. The topological polar surface area (TPSA) is 186 Å². The maximum atomic E-state index is 13.8. The number of likely N-dealkylation sites (tertiary alicyclic amines) is 1. The average Bonchev–Trinajstić information content (AvgIpc) is 3.57. The van der Waals surface area contributed by atoms with Crippen molar-refractivity contribution in [2.45, 2.75) is 31.5 Å². The fourth-order valence-corrected chi connectivity index (χ4v) is 5.62. The highest BCUT2D eigenvalue weighted by Crippen LogP contribution is 2.51. The number of carboxylic acids is 1. The predicted molar refractivity (Wildman–Crippen MR) is 132 cm³/mol. The first-order chi connectivity index (χ1) is 18.5. The third-order valence-corrected chi connectivity index (χ3v) is 7.42. The molecule has 0 radical (unpaired) electrons. The third-order valence-electron chi connectivity index (χ3n) is 7.42. The smallest absolute Gasteiger partial charge is 0.433 e. The highest BCUT2D eigenvalue weighted by atomic mass is 16.6. The van der Waals surface area contributed by atoms with E-state index in [9.17, 15) is 39.7 Å². The van der Waals surface area contributed by atoms with Gasteiger partial charge in [0.25, 0.3) is 5.69 Å². The van der Waals surface area contributed by atoms with Crippen LogP contribution in [-0.4, -0.2) is 43.2 Å². The number of nitro groups is 2. The van der Waals surface area contributed by atoms with Gasteiger partial charge in [0.15, 0.2) is 0 Å². The van der Waals surface area contributed by atoms with Gasteiger partial charge in [-0.25, -0.2) is 0 Å². The predicted octanol–water partition coefficient (Wildman–Crippen LogP) is 2.92. The van der Waals surface area contributed by atoms with E-state index in [1.807, 2.05) is 13.0 Å². The summed E-state index contributed by atoms with van der Waals surface area (Å²) in [5, 5.41) is 35.7. The van der Waals surface area contributed by atoms with Gasteiger partial charge in [-0.05, 0) is 29.7 Å². The maximum Gasteiger partial charge on any atom is 0.433 e. The molecule has 2 saturated heterocycles. The highest BCUT2D eigenvalue weighted by Gasteiger charge is 2.68. The minimum Gasteiger partial charge on any atom is -0.480 e. The van der Waals surface area contributed by atoms with Crippen molar-refractivity contribution in [2.24, 2.45) is 11.8 Å². The van der Waals surface area contributed by atoms with E-state index in [1.54, 1.807) is 18.2 Å². The van der Waals surface area contributed by atoms with E-state index in [0.717, 1.165) is 16.5 Å². The van der Waals surface area contributed by atoms with E-state index in [1.165, 1.54) is 30.3 Å².